The number of thiazole rings is 1. The molecule has 2 aromatic rings. The van der Waals surface area contributed by atoms with Crippen LogP contribution >= 0.6 is 38.9 Å². The van der Waals surface area contributed by atoms with E-state index in [0.29, 0.717) is 12.1 Å². The molecule has 7 heteroatoms. The molecule has 1 amide bonds. The summed E-state index contributed by atoms with van der Waals surface area (Å²) in [7, 11) is 1.73. The third-order valence-corrected chi connectivity index (χ3v) is 4.46. The number of hydrogen-bond donors (Lipinski definition) is 0. The number of nitrogens with zero attached hydrogens (tertiary/aromatic N) is 3. The molecule has 0 saturated carbocycles. The SMILES string of the molecule is CCc1nc(CN(C)C(=O)c2cc(Br)cnc2Cl)cs1. The number of rotatable bonds is 4. The van der Waals surface area contributed by atoms with Gasteiger partial charge >= 0.3 is 0 Å². The second-order valence-electron chi connectivity index (χ2n) is 4.24. The Balaban J connectivity index is 2.14. The summed E-state index contributed by atoms with van der Waals surface area (Å²) in [6, 6.07) is 1.67. The van der Waals surface area contributed by atoms with Crippen molar-refractivity contribution in [3.63, 3.8) is 0 Å². The zero-order valence-corrected chi connectivity index (χ0v) is 14.2. The largest absolute Gasteiger partial charge is 0.336 e. The maximum absolute atomic E-state index is 12.4. The predicted octanol–water partition coefficient (Wildman–Crippen LogP) is 3.79. The molecule has 0 saturated heterocycles. The lowest BCUT2D eigenvalue weighted by Gasteiger charge is -2.16. The van der Waals surface area contributed by atoms with Crippen LogP contribution in [0.1, 0.15) is 28.0 Å². The normalized spacial score (nSPS) is 10.6. The van der Waals surface area contributed by atoms with Crippen LogP contribution in [0.25, 0.3) is 0 Å². The van der Waals surface area contributed by atoms with Crippen LogP contribution in [0.15, 0.2) is 22.1 Å². The van der Waals surface area contributed by atoms with Crippen molar-refractivity contribution in [2.24, 2.45) is 0 Å². The van der Waals surface area contributed by atoms with Crippen molar-refractivity contribution in [2.75, 3.05) is 7.05 Å². The van der Waals surface area contributed by atoms with Gasteiger partial charge in [-0.3, -0.25) is 4.79 Å². The van der Waals surface area contributed by atoms with Crippen molar-refractivity contribution in [2.45, 2.75) is 19.9 Å². The molecule has 0 radical (unpaired) electrons. The topological polar surface area (TPSA) is 46.1 Å². The number of aromatic nitrogens is 2. The van der Waals surface area contributed by atoms with Crippen LogP contribution in [-0.2, 0) is 13.0 Å². The first-order valence-corrected chi connectivity index (χ1v) is 8.06. The molecule has 0 aliphatic rings. The summed E-state index contributed by atoms with van der Waals surface area (Å²) < 4.78 is 0.723. The molecule has 0 fully saturated rings. The summed E-state index contributed by atoms with van der Waals surface area (Å²) in [5.41, 5.74) is 1.27. The third kappa shape index (κ3) is 3.56. The maximum Gasteiger partial charge on any atom is 0.257 e. The monoisotopic (exact) mass is 373 g/mol. The molecule has 0 unspecified atom stereocenters. The van der Waals surface area contributed by atoms with Crippen molar-refractivity contribution in [1.29, 1.82) is 0 Å². The van der Waals surface area contributed by atoms with Crippen LogP contribution in [0.3, 0.4) is 0 Å². The van der Waals surface area contributed by atoms with Gasteiger partial charge in [0.1, 0.15) is 5.15 Å². The van der Waals surface area contributed by atoms with Gasteiger partial charge in [-0.1, -0.05) is 18.5 Å². The quantitative estimate of drug-likeness (QED) is 0.765. The number of carbonyl (C=O) groups is 1. The van der Waals surface area contributed by atoms with E-state index in [0.717, 1.165) is 21.6 Å². The number of halogens is 2. The molecule has 0 aromatic carbocycles. The van der Waals surface area contributed by atoms with E-state index in [9.17, 15) is 4.79 Å². The van der Waals surface area contributed by atoms with Gasteiger partial charge in [-0.05, 0) is 28.4 Å². The lowest BCUT2D eigenvalue weighted by molar-refractivity contribution is 0.0783. The predicted molar refractivity (Wildman–Crippen MR) is 84.2 cm³/mol. The van der Waals surface area contributed by atoms with E-state index in [1.807, 2.05) is 5.38 Å². The van der Waals surface area contributed by atoms with E-state index < -0.39 is 0 Å². The smallest absolute Gasteiger partial charge is 0.257 e. The zero-order valence-electron chi connectivity index (χ0n) is 11.1. The molecule has 2 aromatic heterocycles. The van der Waals surface area contributed by atoms with Crippen molar-refractivity contribution in [3.8, 4) is 0 Å². The van der Waals surface area contributed by atoms with Gasteiger partial charge in [-0.25, -0.2) is 9.97 Å². The molecule has 2 rings (SSSR count). The molecule has 0 spiro atoms. The molecule has 20 heavy (non-hydrogen) atoms. The lowest BCUT2D eigenvalue weighted by Crippen LogP contribution is -2.26. The molecule has 4 nitrogen and oxygen atoms in total. The minimum absolute atomic E-state index is 0.171. The van der Waals surface area contributed by atoms with Crippen LogP contribution in [0.5, 0.6) is 0 Å². The standard InChI is InChI=1S/C13H13BrClN3OS/c1-3-11-17-9(7-20-11)6-18(2)13(19)10-4-8(14)5-16-12(10)15/h4-5,7H,3,6H2,1-2H3. The highest BCUT2D eigenvalue weighted by Crippen LogP contribution is 2.20. The Hall–Kier alpha value is -0.980. The average Bonchev–Trinajstić information content (AvgIpc) is 2.88. The van der Waals surface area contributed by atoms with E-state index in [2.05, 4.69) is 32.8 Å². The molecule has 0 atom stereocenters. The molecule has 0 aliphatic carbocycles. The van der Waals surface area contributed by atoms with Crippen LogP contribution in [0, 0.1) is 0 Å². The highest BCUT2D eigenvalue weighted by atomic mass is 79.9. The van der Waals surface area contributed by atoms with Crippen molar-refractivity contribution in [3.05, 3.63) is 43.5 Å². The Morgan fingerprint density at radius 2 is 2.30 bits per heavy atom. The second-order valence-corrected chi connectivity index (χ2v) is 6.46. The van der Waals surface area contributed by atoms with E-state index in [1.54, 1.807) is 35.5 Å². The minimum atomic E-state index is -0.171. The molecule has 106 valence electrons. The second kappa shape index (κ2) is 6.65. The average molecular weight is 375 g/mol. The molecule has 2 heterocycles. The van der Waals surface area contributed by atoms with Gasteiger partial charge in [-0.2, -0.15) is 0 Å². The summed E-state index contributed by atoms with van der Waals surface area (Å²) in [4.78, 5) is 22.4. The van der Waals surface area contributed by atoms with Gasteiger partial charge in [-0.15, -0.1) is 11.3 Å². The van der Waals surface area contributed by atoms with Crippen LogP contribution in [-0.4, -0.2) is 27.8 Å². The van der Waals surface area contributed by atoms with Crippen LogP contribution < -0.4 is 0 Å². The maximum atomic E-state index is 12.4. The van der Waals surface area contributed by atoms with Gasteiger partial charge in [0.15, 0.2) is 0 Å². The Kier molecular flexibility index (Phi) is 5.12. The molecule has 0 N–H and O–H groups in total. The molecule has 0 aliphatic heterocycles. The Morgan fingerprint density at radius 3 is 2.95 bits per heavy atom. The number of aryl methyl sites for hydroxylation is 1. The Labute approximate surface area is 134 Å². The third-order valence-electron chi connectivity index (χ3n) is 2.68. The first kappa shape index (κ1) is 15.4. The van der Waals surface area contributed by atoms with Gasteiger partial charge in [0.25, 0.3) is 5.91 Å². The summed E-state index contributed by atoms with van der Waals surface area (Å²) in [6.07, 6.45) is 2.47. The molecular formula is C13H13BrClN3OS. The fraction of sp³-hybridized carbons (Fsp3) is 0.308. The molecule has 0 bridgehead atoms. The van der Waals surface area contributed by atoms with Crippen molar-refractivity contribution in [1.82, 2.24) is 14.9 Å². The fourth-order valence-corrected chi connectivity index (χ4v) is 2.93. The molecular weight excluding hydrogens is 362 g/mol. The minimum Gasteiger partial charge on any atom is -0.336 e. The fourth-order valence-electron chi connectivity index (χ4n) is 1.68. The summed E-state index contributed by atoms with van der Waals surface area (Å²) in [5, 5.41) is 3.25. The van der Waals surface area contributed by atoms with E-state index in [-0.39, 0.29) is 11.1 Å². The van der Waals surface area contributed by atoms with E-state index in [4.69, 9.17) is 11.6 Å². The summed E-state index contributed by atoms with van der Waals surface area (Å²) in [6.45, 7) is 2.52. The van der Waals surface area contributed by atoms with Gasteiger partial charge in [0.2, 0.25) is 0 Å². The Morgan fingerprint density at radius 1 is 1.55 bits per heavy atom. The zero-order chi connectivity index (χ0) is 14.7. The lowest BCUT2D eigenvalue weighted by atomic mass is 10.2. The van der Waals surface area contributed by atoms with Gasteiger partial charge < -0.3 is 4.90 Å². The summed E-state index contributed by atoms with van der Waals surface area (Å²) in [5.74, 6) is -0.171. The highest BCUT2D eigenvalue weighted by Gasteiger charge is 2.17. The first-order chi connectivity index (χ1) is 9.51. The number of amides is 1. The van der Waals surface area contributed by atoms with Crippen molar-refractivity contribution < 1.29 is 4.79 Å². The number of carbonyl (C=O) groups excluding carboxylic acids is 1. The van der Waals surface area contributed by atoms with Crippen molar-refractivity contribution >= 4 is 44.8 Å². The van der Waals surface area contributed by atoms with E-state index in [1.165, 1.54) is 0 Å². The van der Waals surface area contributed by atoms with Crippen LogP contribution in [0.2, 0.25) is 5.15 Å². The number of hydrogen-bond acceptors (Lipinski definition) is 4. The first-order valence-electron chi connectivity index (χ1n) is 6.01. The van der Waals surface area contributed by atoms with E-state index >= 15 is 0 Å². The van der Waals surface area contributed by atoms with Gasteiger partial charge in [0, 0.05) is 23.1 Å². The number of pyridine rings is 1. The van der Waals surface area contributed by atoms with Crippen LogP contribution in [0.4, 0.5) is 0 Å². The summed E-state index contributed by atoms with van der Waals surface area (Å²) >= 11 is 10.9. The Bertz CT molecular complexity index is 632. The van der Waals surface area contributed by atoms with Gasteiger partial charge in [0.05, 0.1) is 22.8 Å². The highest BCUT2D eigenvalue weighted by molar-refractivity contribution is 9.10.